The molecule has 1 aromatic carbocycles. The second-order valence-corrected chi connectivity index (χ2v) is 6.02. The molecule has 1 atom stereocenters. The fourth-order valence-corrected chi connectivity index (χ4v) is 2.84. The molecule has 1 saturated heterocycles. The number of aromatic nitrogens is 1. The number of nitrogens with one attached hydrogen (secondary N) is 1. The summed E-state index contributed by atoms with van der Waals surface area (Å²) in [5.41, 5.74) is 2.01. The van der Waals surface area contributed by atoms with Crippen LogP contribution in [0.25, 0.3) is 0 Å². The number of rotatable bonds is 4. The summed E-state index contributed by atoms with van der Waals surface area (Å²) in [7, 11) is 0. The smallest absolute Gasteiger partial charge is 0.229 e. The topological polar surface area (TPSA) is 82.5 Å². The summed E-state index contributed by atoms with van der Waals surface area (Å²) >= 11 is 0. The lowest BCUT2D eigenvalue weighted by Crippen LogP contribution is -2.28. The number of hydrogen-bond donors (Lipinski definition) is 2. The van der Waals surface area contributed by atoms with Crippen molar-refractivity contribution >= 4 is 23.2 Å². The number of anilines is 2. The van der Waals surface area contributed by atoms with Crippen LogP contribution in [0.1, 0.15) is 17.5 Å². The molecule has 2 aromatic rings. The Morgan fingerprint density at radius 3 is 2.96 bits per heavy atom. The van der Waals surface area contributed by atoms with Crippen LogP contribution < -0.4 is 10.2 Å². The highest BCUT2D eigenvalue weighted by atomic mass is 19.1. The zero-order valence-electron chi connectivity index (χ0n) is 13.7. The highest BCUT2D eigenvalue weighted by molar-refractivity contribution is 6.03. The zero-order valence-corrected chi connectivity index (χ0v) is 13.7. The first-order valence-electron chi connectivity index (χ1n) is 7.90. The first kappa shape index (κ1) is 17.0. The van der Waals surface area contributed by atoms with Crippen molar-refractivity contribution in [2.75, 3.05) is 16.8 Å². The molecule has 25 heavy (non-hydrogen) atoms. The summed E-state index contributed by atoms with van der Waals surface area (Å²) < 4.78 is 13.4. The molecule has 2 N–H and O–H groups in total. The molecule has 1 aliphatic heterocycles. The molecule has 2 heterocycles. The molecule has 0 bridgehead atoms. The minimum absolute atomic E-state index is 0.0803. The fraction of sp³-hybridized carbons (Fsp3) is 0.278. The van der Waals surface area contributed by atoms with E-state index in [2.05, 4.69) is 10.3 Å². The second-order valence-electron chi connectivity index (χ2n) is 6.02. The van der Waals surface area contributed by atoms with Gasteiger partial charge in [-0.25, -0.2) is 4.39 Å². The molecule has 7 heteroatoms. The van der Waals surface area contributed by atoms with Crippen LogP contribution in [0.2, 0.25) is 0 Å². The number of carbonyl (C=O) groups excluding carboxylic acids is 2. The number of benzene rings is 1. The molecular weight excluding hydrogens is 325 g/mol. The average molecular weight is 343 g/mol. The van der Waals surface area contributed by atoms with Crippen LogP contribution in [0, 0.1) is 18.7 Å². The molecule has 1 unspecified atom stereocenters. The van der Waals surface area contributed by atoms with E-state index in [1.807, 2.05) is 0 Å². The largest absolute Gasteiger partial charge is 0.392 e. The maximum atomic E-state index is 13.4. The summed E-state index contributed by atoms with van der Waals surface area (Å²) in [4.78, 5) is 30.2. The Labute approximate surface area is 144 Å². The van der Waals surface area contributed by atoms with E-state index in [4.69, 9.17) is 0 Å². The van der Waals surface area contributed by atoms with E-state index in [1.165, 1.54) is 29.4 Å². The van der Waals surface area contributed by atoms with E-state index in [-0.39, 0.29) is 37.2 Å². The maximum Gasteiger partial charge on any atom is 0.229 e. The highest BCUT2D eigenvalue weighted by Crippen LogP contribution is 2.27. The molecule has 6 nitrogen and oxygen atoms in total. The molecule has 2 amide bonds. The number of aliphatic hydroxyl groups is 1. The number of aliphatic hydroxyl groups excluding tert-OH is 1. The van der Waals surface area contributed by atoms with Gasteiger partial charge in [0.1, 0.15) is 5.82 Å². The van der Waals surface area contributed by atoms with Gasteiger partial charge in [-0.1, -0.05) is 0 Å². The van der Waals surface area contributed by atoms with Crippen molar-refractivity contribution in [1.82, 2.24) is 4.98 Å². The van der Waals surface area contributed by atoms with Gasteiger partial charge in [0.25, 0.3) is 0 Å². The lowest BCUT2D eigenvalue weighted by atomic mass is 10.1. The van der Waals surface area contributed by atoms with E-state index >= 15 is 0 Å². The molecule has 1 fully saturated rings. The molecule has 3 rings (SSSR count). The second kappa shape index (κ2) is 6.98. The van der Waals surface area contributed by atoms with Gasteiger partial charge >= 0.3 is 0 Å². The number of amides is 2. The van der Waals surface area contributed by atoms with E-state index < -0.39 is 5.92 Å². The van der Waals surface area contributed by atoms with Crippen molar-refractivity contribution in [3.8, 4) is 0 Å². The third-order valence-corrected chi connectivity index (χ3v) is 4.29. The zero-order chi connectivity index (χ0) is 18.0. The Bertz CT molecular complexity index is 825. The monoisotopic (exact) mass is 343 g/mol. The van der Waals surface area contributed by atoms with Gasteiger partial charge < -0.3 is 15.3 Å². The van der Waals surface area contributed by atoms with E-state index in [9.17, 15) is 19.1 Å². The number of carbonyl (C=O) groups is 2. The lowest BCUT2D eigenvalue weighted by molar-refractivity contribution is -0.122. The summed E-state index contributed by atoms with van der Waals surface area (Å²) in [5, 5.41) is 12.0. The van der Waals surface area contributed by atoms with E-state index in [0.29, 0.717) is 22.5 Å². The van der Waals surface area contributed by atoms with Gasteiger partial charge in [-0.15, -0.1) is 0 Å². The van der Waals surface area contributed by atoms with Gasteiger partial charge in [0.15, 0.2) is 0 Å². The predicted octanol–water partition coefficient (Wildman–Crippen LogP) is 2.01. The van der Waals surface area contributed by atoms with Crippen molar-refractivity contribution in [2.45, 2.75) is 20.0 Å². The maximum absolute atomic E-state index is 13.4. The summed E-state index contributed by atoms with van der Waals surface area (Å²) in [6.45, 7) is 1.63. The minimum atomic E-state index is -0.524. The van der Waals surface area contributed by atoms with Crippen LogP contribution in [-0.2, 0) is 16.2 Å². The fourth-order valence-electron chi connectivity index (χ4n) is 2.84. The molecular formula is C18H18FN3O3. The Morgan fingerprint density at radius 2 is 2.24 bits per heavy atom. The SMILES string of the molecule is Cc1cc(N2CC(C(=O)Nc3cnccc3CO)CC2=O)ccc1F. The number of halogens is 1. The molecule has 0 aliphatic carbocycles. The van der Waals surface area contributed by atoms with Gasteiger partial charge in [-0.3, -0.25) is 14.6 Å². The summed E-state index contributed by atoms with van der Waals surface area (Å²) in [6.07, 6.45) is 3.07. The van der Waals surface area contributed by atoms with Gasteiger partial charge in [0.2, 0.25) is 11.8 Å². The van der Waals surface area contributed by atoms with Crippen LogP contribution >= 0.6 is 0 Å². The number of aryl methyl sites for hydroxylation is 1. The summed E-state index contributed by atoms with van der Waals surface area (Å²) in [6, 6.07) is 6.06. The summed E-state index contributed by atoms with van der Waals surface area (Å²) in [5.74, 6) is -1.35. The Kier molecular flexibility index (Phi) is 4.76. The van der Waals surface area contributed by atoms with Crippen LogP contribution in [0.15, 0.2) is 36.7 Å². The van der Waals surface area contributed by atoms with Gasteiger partial charge in [0, 0.05) is 30.4 Å². The van der Waals surface area contributed by atoms with Crippen molar-refractivity contribution in [3.05, 3.63) is 53.6 Å². The van der Waals surface area contributed by atoms with Gasteiger partial charge in [-0.2, -0.15) is 0 Å². The first-order chi connectivity index (χ1) is 12.0. The average Bonchev–Trinajstić information content (AvgIpc) is 3.00. The minimum Gasteiger partial charge on any atom is -0.392 e. The molecule has 1 aromatic heterocycles. The van der Waals surface area contributed by atoms with Crippen LogP contribution in [0.3, 0.4) is 0 Å². The molecule has 1 aliphatic rings. The van der Waals surface area contributed by atoms with Gasteiger partial charge in [-0.05, 0) is 36.8 Å². The van der Waals surface area contributed by atoms with Crippen LogP contribution in [-0.4, -0.2) is 28.4 Å². The predicted molar refractivity (Wildman–Crippen MR) is 90.4 cm³/mol. The van der Waals surface area contributed by atoms with Crippen molar-refractivity contribution in [2.24, 2.45) is 5.92 Å². The highest BCUT2D eigenvalue weighted by Gasteiger charge is 2.35. The Hall–Kier alpha value is -2.80. The molecule has 0 spiro atoms. The Morgan fingerprint density at radius 1 is 1.44 bits per heavy atom. The van der Waals surface area contributed by atoms with Crippen molar-refractivity contribution in [1.29, 1.82) is 0 Å². The third-order valence-electron chi connectivity index (χ3n) is 4.29. The standard InChI is InChI=1S/C18H18FN3O3/c1-11-6-14(2-3-15(11)19)22-9-13(7-17(22)24)18(25)21-16-8-20-5-4-12(16)10-23/h2-6,8,13,23H,7,9-10H2,1H3,(H,21,25). The number of pyridine rings is 1. The van der Waals surface area contributed by atoms with Crippen molar-refractivity contribution in [3.63, 3.8) is 0 Å². The third kappa shape index (κ3) is 3.51. The first-order valence-corrected chi connectivity index (χ1v) is 7.90. The Balaban J connectivity index is 1.73. The number of hydrogen-bond acceptors (Lipinski definition) is 4. The lowest BCUT2D eigenvalue weighted by Gasteiger charge is -2.17. The molecule has 0 radical (unpaired) electrons. The van der Waals surface area contributed by atoms with E-state index in [0.717, 1.165) is 0 Å². The normalized spacial score (nSPS) is 17.0. The van der Waals surface area contributed by atoms with Crippen LogP contribution in [0.4, 0.5) is 15.8 Å². The molecule has 130 valence electrons. The van der Waals surface area contributed by atoms with E-state index in [1.54, 1.807) is 19.1 Å². The van der Waals surface area contributed by atoms with Crippen molar-refractivity contribution < 1.29 is 19.1 Å². The molecule has 0 saturated carbocycles. The van der Waals surface area contributed by atoms with Gasteiger partial charge in [0.05, 0.1) is 24.4 Å². The quantitative estimate of drug-likeness (QED) is 0.890. The van der Waals surface area contributed by atoms with Crippen LogP contribution in [0.5, 0.6) is 0 Å². The number of nitrogens with zero attached hydrogens (tertiary/aromatic N) is 2.